The first-order valence-corrected chi connectivity index (χ1v) is 12.9. The third-order valence-corrected chi connectivity index (χ3v) is 7.82. The molecule has 3 unspecified atom stereocenters. The third-order valence-electron chi connectivity index (χ3n) is 6.49. The molecule has 2 aromatic rings. The molecule has 1 saturated carbocycles. The molecule has 3 N–H and O–H groups in total. The quantitative estimate of drug-likeness (QED) is 0.525. The molecule has 1 aliphatic carbocycles. The predicted molar refractivity (Wildman–Crippen MR) is 144 cm³/mol. The number of amides is 4. The summed E-state index contributed by atoms with van der Waals surface area (Å²) in [6, 6.07) is 5.74. The molecule has 196 valence electrons. The number of hydrogen-bond acceptors (Lipinski definition) is 6. The van der Waals surface area contributed by atoms with Crippen LogP contribution >= 0.6 is 35.3 Å². The summed E-state index contributed by atoms with van der Waals surface area (Å²) in [4.78, 5) is 48.0. The number of rotatable bonds is 5. The lowest BCUT2D eigenvalue weighted by Gasteiger charge is -2.37. The second kappa shape index (κ2) is 12.2. The first kappa shape index (κ1) is 28.2. The molecule has 2 aliphatic rings. The molecule has 0 radical (unpaired) electrons. The topological polar surface area (TPSA) is 107 Å². The number of aromatic nitrogens is 1. The average molecular weight is 556 g/mol. The number of nitrogens with zero attached hydrogens (tertiary/aromatic N) is 3. The van der Waals surface area contributed by atoms with E-state index in [4.69, 9.17) is 11.6 Å². The van der Waals surface area contributed by atoms with Crippen molar-refractivity contribution in [3.63, 3.8) is 0 Å². The fourth-order valence-corrected chi connectivity index (χ4v) is 5.83. The van der Waals surface area contributed by atoms with E-state index in [1.54, 1.807) is 43.3 Å². The minimum atomic E-state index is -0.398. The molecule has 0 bridgehead atoms. The standard InChI is InChI=1S/C24H31ClN6O3S.ClH/c1-30(2)23(33)14-4-9-17(29-24(34)26-16-7-5-15(25)6-8-16)19(12-14)27-21(32)22-28-18-10-11-31(3)13-20(18)35-22;/h5-8,14,17,19H,4,9-13H2,1-3H3,(H,27,32)(H2,26,29,34);1H. The molecule has 3 atom stereocenters. The molecular formula is C24H32Cl2N6O3S. The Kier molecular flexibility index (Phi) is 9.57. The molecule has 12 heteroatoms. The second-order valence-electron chi connectivity index (χ2n) is 9.41. The van der Waals surface area contributed by atoms with Gasteiger partial charge in [0.1, 0.15) is 0 Å². The number of likely N-dealkylation sites (N-methyl/N-ethyl adjacent to an activating group) is 1. The molecule has 36 heavy (non-hydrogen) atoms. The number of benzene rings is 1. The Bertz CT molecular complexity index is 1090. The minimum absolute atomic E-state index is 0. The van der Waals surface area contributed by atoms with Crippen LogP contribution in [0.15, 0.2) is 24.3 Å². The summed E-state index contributed by atoms with van der Waals surface area (Å²) < 4.78 is 0. The number of anilines is 1. The van der Waals surface area contributed by atoms with E-state index in [0.717, 1.165) is 30.1 Å². The highest BCUT2D eigenvalue weighted by molar-refractivity contribution is 7.13. The van der Waals surface area contributed by atoms with Crippen molar-refractivity contribution in [1.29, 1.82) is 0 Å². The summed E-state index contributed by atoms with van der Waals surface area (Å²) in [5, 5.41) is 9.86. The number of urea groups is 1. The van der Waals surface area contributed by atoms with Gasteiger partial charge in [-0.05, 0) is 50.6 Å². The zero-order chi connectivity index (χ0) is 25.1. The monoisotopic (exact) mass is 554 g/mol. The Labute approximate surface area is 226 Å². The van der Waals surface area contributed by atoms with E-state index >= 15 is 0 Å². The summed E-state index contributed by atoms with van der Waals surface area (Å²) in [5.41, 5.74) is 1.60. The van der Waals surface area contributed by atoms with Crippen LogP contribution in [0.3, 0.4) is 0 Å². The minimum Gasteiger partial charge on any atom is -0.349 e. The van der Waals surface area contributed by atoms with Gasteiger partial charge in [-0.2, -0.15) is 0 Å². The van der Waals surface area contributed by atoms with E-state index in [2.05, 4.69) is 32.9 Å². The van der Waals surface area contributed by atoms with Crippen molar-refractivity contribution in [2.24, 2.45) is 5.92 Å². The smallest absolute Gasteiger partial charge is 0.319 e. The van der Waals surface area contributed by atoms with E-state index in [1.165, 1.54) is 11.3 Å². The van der Waals surface area contributed by atoms with Gasteiger partial charge in [-0.1, -0.05) is 11.6 Å². The lowest BCUT2D eigenvalue weighted by Crippen LogP contribution is -2.56. The van der Waals surface area contributed by atoms with Crippen molar-refractivity contribution in [2.45, 2.75) is 44.3 Å². The summed E-state index contributed by atoms with van der Waals surface area (Å²) >= 11 is 7.33. The van der Waals surface area contributed by atoms with Crippen molar-refractivity contribution in [3.8, 4) is 0 Å². The normalized spacial score (nSPS) is 21.5. The zero-order valence-corrected chi connectivity index (χ0v) is 22.9. The molecule has 0 spiro atoms. The molecule has 1 aromatic carbocycles. The number of halogens is 2. The number of nitrogens with one attached hydrogen (secondary N) is 3. The lowest BCUT2D eigenvalue weighted by molar-refractivity contribution is -0.134. The molecule has 1 aliphatic heterocycles. The van der Waals surface area contributed by atoms with Crippen LogP contribution in [0.25, 0.3) is 0 Å². The van der Waals surface area contributed by atoms with Crippen LogP contribution < -0.4 is 16.0 Å². The summed E-state index contributed by atoms with van der Waals surface area (Å²) in [6.45, 7) is 1.71. The summed E-state index contributed by atoms with van der Waals surface area (Å²) in [6.07, 6.45) is 2.48. The van der Waals surface area contributed by atoms with Crippen LogP contribution in [0.2, 0.25) is 5.02 Å². The Morgan fingerprint density at radius 3 is 2.53 bits per heavy atom. The first-order chi connectivity index (χ1) is 16.7. The number of hydrogen-bond donors (Lipinski definition) is 3. The maximum absolute atomic E-state index is 13.2. The molecule has 2 heterocycles. The van der Waals surface area contributed by atoms with Gasteiger partial charge in [0.25, 0.3) is 5.91 Å². The molecule has 1 aromatic heterocycles. The van der Waals surface area contributed by atoms with Gasteiger partial charge in [0.05, 0.1) is 17.8 Å². The van der Waals surface area contributed by atoms with Crippen LogP contribution in [0, 0.1) is 5.92 Å². The predicted octanol–water partition coefficient (Wildman–Crippen LogP) is 3.38. The van der Waals surface area contributed by atoms with Gasteiger partial charge in [-0.15, -0.1) is 23.7 Å². The van der Waals surface area contributed by atoms with Crippen molar-refractivity contribution in [2.75, 3.05) is 33.0 Å². The molecule has 4 rings (SSSR count). The van der Waals surface area contributed by atoms with Gasteiger partial charge in [0.2, 0.25) is 5.91 Å². The van der Waals surface area contributed by atoms with Crippen LogP contribution in [0.5, 0.6) is 0 Å². The Morgan fingerprint density at radius 2 is 1.83 bits per heavy atom. The molecular weight excluding hydrogens is 523 g/mol. The zero-order valence-electron chi connectivity index (χ0n) is 20.5. The first-order valence-electron chi connectivity index (χ1n) is 11.7. The lowest BCUT2D eigenvalue weighted by atomic mass is 9.81. The highest BCUT2D eigenvalue weighted by atomic mass is 35.5. The van der Waals surface area contributed by atoms with Crippen LogP contribution in [-0.4, -0.2) is 72.4 Å². The average Bonchev–Trinajstić information content (AvgIpc) is 3.24. The molecule has 4 amide bonds. The van der Waals surface area contributed by atoms with Crippen molar-refractivity contribution in [3.05, 3.63) is 44.9 Å². The highest BCUT2D eigenvalue weighted by Crippen LogP contribution is 2.28. The summed E-state index contributed by atoms with van der Waals surface area (Å²) in [5.74, 6) is -0.452. The van der Waals surface area contributed by atoms with Gasteiger partial charge in [-0.25, -0.2) is 9.78 Å². The van der Waals surface area contributed by atoms with Crippen LogP contribution in [0.4, 0.5) is 10.5 Å². The van der Waals surface area contributed by atoms with E-state index in [1.807, 2.05) is 0 Å². The van der Waals surface area contributed by atoms with Crippen LogP contribution in [-0.2, 0) is 17.8 Å². The van der Waals surface area contributed by atoms with Crippen molar-refractivity contribution >= 4 is 58.9 Å². The van der Waals surface area contributed by atoms with Gasteiger partial charge < -0.3 is 25.8 Å². The molecule has 0 saturated heterocycles. The van der Waals surface area contributed by atoms with Crippen molar-refractivity contribution < 1.29 is 14.4 Å². The number of thiazole rings is 1. The third kappa shape index (κ3) is 6.88. The van der Waals surface area contributed by atoms with Gasteiger partial charge in [-0.3, -0.25) is 9.59 Å². The van der Waals surface area contributed by atoms with Gasteiger partial charge >= 0.3 is 6.03 Å². The van der Waals surface area contributed by atoms with E-state index in [0.29, 0.717) is 35.0 Å². The summed E-state index contributed by atoms with van der Waals surface area (Å²) in [7, 11) is 5.52. The highest BCUT2D eigenvalue weighted by Gasteiger charge is 2.37. The molecule has 1 fully saturated rings. The molecule has 9 nitrogen and oxygen atoms in total. The number of carbonyl (C=O) groups is 3. The number of carbonyl (C=O) groups excluding carboxylic acids is 3. The Hall–Kier alpha value is -2.40. The van der Waals surface area contributed by atoms with Gasteiger partial charge in [0.15, 0.2) is 5.01 Å². The van der Waals surface area contributed by atoms with Crippen LogP contribution in [0.1, 0.15) is 39.6 Å². The Balaban J connectivity index is 0.00000361. The number of fused-ring (bicyclic) bond motifs is 1. The second-order valence-corrected chi connectivity index (χ2v) is 10.9. The van der Waals surface area contributed by atoms with E-state index in [-0.39, 0.29) is 42.2 Å². The van der Waals surface area contributed by atoms with E-state index in [9.17, 15) is 14.4 Å². The fourth-order valence-electron chi connectivity index (χ4n) is 4.61. The van der Waals surface area contributed by atoms with Crippen molar-refractivity contribution in [1.82, 2.24) is 25.4 Å². The van der Waals surface area contributed by atoms with Gasteiger partial charge in [0, 0.05) is 55.1 Å². The fraction of sp³-hybridized carbons (Fsp3) is 0.500. The van der Waals surface area contributed by atoms with E-state index < -0.39 is 6.04 Å². The Morgan fingerprint density at radius 1 is 1.11 bits per heavy atom. The maximum Gasteiger partial charge on any atom is 0.319 e. The SMILES string of the molecule is CN1CCc2nc(C(=O)NC3CC(C(=O)N(C)C)CCC3NC(=O)Nc3ccc(Cl)cc3)sc2C1.Cl. The largest absolute Gasteiger partial charge is 0.349 e. The maximum atomic E-state index is 13.2.